The van der Waals surface area contributed by atoms with Crippen molar-refractivity contribution in [3.63, 3.8) is 0 Å². The smallest absolute Gasteiger partial charge is 0.316 e. The highest BCUT2D eigenvalue weighted by Crippen LogP contribution is 2.40. The number of carbonyl (C=O) groups is 3. The SMILES string of the molecule is CC(=O)NCc1c(C)c(C)c(C)c(N(C)C(=O)C(=O)N(C)c2c(C)c(C)c(-c3oc(C)nc3C)c(C)c2C)c1C. The molecule has 0 aliphatic heterocycles. The Morgan fingerprint density at radius 2 is 1.12 bits per heavy atom. The lowest BCUT2D eigenvalue weighted by Gasteiger charge is -2.29. The van der Waals surface area contributed by atoms with Gasteiger partial charge in [0.15, 0.2) is 11.7 Å². The van der Waals surface area contributed by atoms with Gasteiger partial charge in [0.05, 0.1) is 17.1 Å². The summed E-state index contributed by atoms with van der Waals surface area (Å²) >= 11 is 0. The van der Waals surface area contributed by atoms with Crippen LogP contribution in [0.4, 0.5) is 11.4 Å². The van der Waals surface area contributed by atoms with Crippen molar-refractivity contribution in [1.29, 1.82) is 0 Å². The average molecular weight is 547 g/mol. The Hall–Kier alpha value is -3.94. The minimum absolute atomic E-state index is 0.129. The van der Waals surface area contributed by atoms with Crippen LogP contribution in [-0.4, -0.2) is 36.8 Å². The van der Waals surface area contributed by atoms with E-state index < -0.39 is 11.8 Å². The van der Waals surface area contributed by atoms with Crippen LogP contribution < -0.4 is 15.1 Å². The normalized spacial score (nSPS) is 11.0. The lowest BCUT2D eigenvalue weighted by Crippen LogP contribution is -2.43. The fourth-order valence-electron chi connectivity index (χ4n) is 5.76. The second-order valence-electron chi connectivity index (χ2n) is 10.8. The maximum Gasteiger partial charge on any atom is 0.316 e. The third-order valence-corrected chi connectivity index (χ3v) is 8.43. The summed E-state index contributed by atoms with van der Waals surface area (Å²) < 4.78 is 5.94. The number of likely N-dealkylation sites (N-methyl/N-ethyl adjacent to an activating group) is 2. The summed E-state index contributed by atoms with van der Waals surface area (Å²) in [6.07, 6.45) is 0. The Bertz CT molecular complexity index is 1520. The van der Waals surface area contributed by atoms with Crippen LogP contribution in [0, 0.1) is 69.2 Å². The summed E-state index contributed by atoms with van der Waals surface area (Å²) in [4.78, 5) is 46.4. The lowest BCUT2D eigenvalue weighted by molar-refractivity contribution is -0.135. The quantitative estimate of drug-likeness (QED) is 0.415. The van der Waals surface area contributed by atoms with Crippen LogP contribution in [0.3, 0.4) is 0 Å². The molecule has 2 aromatic carbocycles. The third kappa shape index (κ3) is 5.15. The van der Waals surface area contributed by atoms with Crippen LogP contribution in [0.5, 0.6) is 0 Å². The molecule has 0 atom stereocenters. The molecule has 0 saturated carbocycles. The molecule has 0 radical (unpaired) electrons. The van der Waals surface area contributed by atoms with Gasteiger partial charge >= 0.3 is 11.8 Å². The number of aromatic nitrogens is 1. The first-order valence-corrected chi connectivity index (χ1v) is 13.5. The first-order chi connectivity index (χ1) is 18.5. The molecule has 1 aromatic heterocycles. The number of aryl methyl sites for hydroxylation is 2. The topological polar surface area (TPSA) is 95.8 Å². The molecule has 0 unspecified atom stereocenters. The van der Waals surface area contributed by atoms with Crippen LogP contribution in [0.15, 0.2) is 4.42 Å². The van der Waals surface area contributed by atoms with Crippen LogP contribution in [0.2, 0.25) is 0 Å². The molecule has 214 valence electrons. The number of nitrogens with one attached hydrogen (secondary N) is 1. The molecular weight excluding hydrogens is 504 g/mol. The van der Waals surface area contributed by atoms with Gasteiger partial charge in [-0.15, -0.1) is 0 Å². The highest BCUT2D eigenvalue weighted by Gasteiger charge is 2.31. The zero-order chi connectivity index (χ0) is 30.4. The fraction of sp³-hybridized carbons (Fsp3) is 0.438. The first kappa shape index (κ1) is 30.6. The van der Waals surface area contributed by atoms with E-state index >= 15 is 0 Å². The van der Waals surface area contributed by atoms with Gasteiger partial charge < -0.3 is 19.5 Å². The molecule has 0 aliphatic rings. The van der Waals surface area contributed by atoms with Gasteiger partial charge in [-0.1, -0.05) is 0 Å². The van der Waals surface area contributed by atoms with E-state index in [0.717, 1.165) is 67.1 Å². The highest BCUT2D eigenvalue weighted by atomic mass is 16.4. The largest absolute Gasteiger partial charge is 0.441 e. The molecule has 8 heteroatoms. The standard InChI is InChI=1S/C32H42N4O4/c1-15-16(2)26(14-33-24(10)37)22(8)29(19(15)5)36(13)32(39)31(38)35(12)28-20(6)17(3)27(18(4)21(28)7)30-23(9)34-25(11)40-30/h14H2,1-13H3,(H,33,37). The predicted octanol–water partition coefficient (Wildman–Crippen LogP) is 5.69. The summed E-state index contributed by atoms with van der Waals surface area (Å²) in [6, 6.07) is 0. The average Bonchev–Trinajstić information content (AvgIpc) is 3.22. The number of amides is 3. The van der Waals surface area contributed by atoms with Gasteiger partial charge in [-0.25, -0.2) is 4.98 Å². The van der Waals surface area contributed by atoms with Gasteiger partial charge in [-0.2, -0.15) is 0 Å². The van der Waals surface area contributed by atoms with E-state index in [0.29, 0.717) is 23.8 Å². The second kappa shape index (κ2) is 11.3. The molecule has 0 bridgehead atoms. The first-order valence-electron chi connectivity index (χ1n) is 13.5. The van der Waals surface area contributed by atoms with Gasteiger partial charge in [0.25, 0.3) is 0 Å². The maximum absolute atomic E-state index is 13.7. The number of hydrogen-bond donors (Lipinski definition) is 1. The van der Waals surface area contributed by atoms with Crippen molar-refractivity contribution in [2.45, 2.75) is 82.7 Å². The van der Waals surface area contributed by atoms with Crippen LogP contribution in [0.1, 0.15) is 68.6 Å². The highest BCUT2D eigenvalue weighted by molar-refractivity contribution is 6.45. The summed E-state index contributed by atoms with van der Waals surface area (Å²) in [5, 5.41) is 2.86. The van der Waals surface area contributed by atoms with E-state index in [9.17, 15) is 14.4 Å². The molecule has 0 fully saturated rings. The molecule has 1 heterocycles. The predicted molar refractivity (Wildman–Crippen MR) is 160 cm³/mol. The van der Waals surface area contributed by atoms with E-state index in [2.05, 4.69) is 10.3 Å². The lowest BCUT2D eigenvalue weighted by atomic mass is 9.89. The Morgan fingerprint density at radius 1 is 0.675 bits per heavy atom. The van der Waals surface area contributed by atoms with Crippen LogP contribution in [-0.2, 0) is 20.9 Å². The van der Waals surface area contributed by atoms with Crippen molar-refractivity contribution < 1.29 is 18.8 Å². The van der Waals surface area contributed by atoms with Gasteiger partial charge in [-0.3, -0.25) is 14.4 Å². The number of oxazole rings is 1. The van der Waals surface area contributed by atoms with Crippen molar-refractivity contribution in [2.24, 2.45) is 0 Å². The van der Waals surface area contributed by atoms with E-state index in [4.69, 9.17) is 4.42 Å². The van der Waals surface area contributed by atoms with E-state index in [1.807, 2.05) is 69.2 Å². The van der Waals surface area contributed by atoms with Crippen molar-refractivity contribution >= 4 is 29.1 Å². The van der Waals surface area contributed by atoms with Crippen molar-refractivity contribution in [3.05, 3.63) is 61.7 Å². The fourth-order valence-corrected chi connectivity index (χ4v) is 5.76. The molecule has 8 nitrogen and oxygen atoms in total. The van der Waals surface area contributed by atoms with Crippen LogP contribution >= 0.6 is 0 Å². The zero-order valence-electron chi connectivity index (χ0n) is 26.2. The Balaban J connectivity index is 2.06. The van der Waals surface area contributed by atoms with E-state index in [1.54, 1.807) is 14.1 Å². The zero-order valence-corrected chi connectivity index (χ0v) is 26.2. The molecule has 1 N–H and O–H groups in total. The molecule has 40 heavy (non-hydrogen) atoms. The number of benzene rings is 2. The summed E-state index contributed by atoms with van der Waals surface area (Å²) in [5.74, 6) is -0.0694. The third-order valence-electron chi connectivity index (χ3n) is 8.43. The Kier molecular flexibility index (Phi) is 8.63. The van der Waals surface area contributed by atoms with Gasteiger partial charge in [0.1, 0.15) is 0 Å². The maximum atomic E-state index is 13.7. The monoisotopic (exact) mass is 546 g/mol. The van der Waals surface area contributed by atoms with Gasteiger partial charge in [0, 0.05) is 40.1 Å². The molecule has 0 saturated heterocycles. The molecular formula is C32H42N4O4. The Morgan fingerprint density at radius 3 is 1.55 bits per heavy atom. The minimum Gasteiger partial charge on any atom is -0.441 e. The number of hydrogen-bond acceptors (Lipinski definition) is 5. The van der Waals surface area contributed by atoms with Crippen molar-refractivity contribution in [2.75, 3.05) is 23.9 Å². The molecule has 0 spiro atoms. The van der Waals surface area contributed by atoms with Crippen LogP contribution in [0.25, 0.3) is 11.3 Å². The molecule has 3 amide bonds. The van der Waals surface area contributed by atoms with Gasteiger partial charge in [0.2, 0.25) is 5.91 Å². The summed E-state index contributed by atoms with van der Waals surface area (Å²) in [7, 11) is 3.28. The number of rotatable bonds is 5. The number of nitrogens with zero attached hydrogens (tertiary/aromatic N) is 3. The van der Waals surface area contributed by atoms with Gasteiger partial charge in [-0.05, 0) is 112 Å². The minimum atomic E-state index is -0.637. The molecule has 0 aliphatic carbocycles. The summed E-state index contributed by atoms with van der Waals surface area (Å²) in [6.45, 7) is 21.4. The number of carbonyl (C=O) groups excluding carboxylic acids is 3. The Labute approximate surface area is 237 Å². The second-order valence-corrected chi connectivity index (χ2v) is 10.8. The summed E-state index contributed by atoms with van der Waals surface area (Å²) in [5.41, 5.74) is 11.7. The van der Waals surface area contributed by atoms with E-state index in [-0.39, 0.29) is 5.91 Å². The molecule has 3 rings (SSSR count). The number of anilines is 2. The van der Waals surface area contributed by atoms with E-state index in [1.165, 1.54) is 16.7 Å². The van der Waals surface area contributed by atoms with Crippen molar-refractivity contribution in [1.82, 2.24) is 10.3 Å². The van der Waals surface area contributed by atoms with Crippen molar-refractivity contribution in [3.8, 4) is 11.3 Å². The molecule has 3 aromatic rings.